The van der Waals surface area contributed by atoms with Gasteiger partial charge in [-0.05, 0) is 13.8 Å². The van der Waals surface area contributed by atoms with Gasteiger partial charge in [-0.1, -0.05) is 0 Å². The molecule has 2 N–H and O–H groups in total. The lowest BCUT2D eigenvalue weighted by Crippen LogP contribution is -2.34. The van der Waals surface area contributed by atoms with E-state index in [1.165, 1.54) is 18.9 Å². The zero-order chi connectivity index (χ0) is 15.3. The number of hydrogen-bond acceptors (Lipinski definition) is 7. The van der Waals surface area contributed by atoms with Crippen molar-refractivity contribution in [3.63, 3.8) is 0 Å². The summed E-state index contributed by atoms with van der Waals surface area (Å²) < 4.78 is 0. The number of anilines is 2. The maximum atomic E-state index is 11.4. The van der Waals surface area contributed by atoms with E-state index in [2.05, 4.69) is 20.6 Å². The zero-order valence-corrected chi connectivity index (χ0v) is 11.9. The van der Waals surface area contributed by atoms with Gasteiger partial charge in [0.1, 0.15) is 5.69 Å². The van der Waals surface area contributed by atoms with Crippen LogP contribution in [0.3, 0.4) is 0 Å². The van der Waals surface area contributed by atoms with Crippen LogP contribution < -0.4 is 15.5 Å². The van der Waals surface area contributed by atoms with E-state index < -0.39 is 4.92 Å². The minimum absolute atomic E-state index is 0.0284. The third kappa shape index (κ3) is 3.53. The van der Waals surface area contributed by atoms with E-state index in [1.54, 1.807) is 7.05 Å². The fourth-order valence-electron chi connectivity index (χ4n) is 1.64. The van der Waals surface area contributed by atoms with Crippen molar-refractivity contribution in [2.45, 2.75) is 13.8 Å². The van der Waals surface area contributed by atoms with Crippen molar-refractivity contribution in [1.29, 1.82) is 0 Å². The molecule has 1 amide bonds. The molecule has 0 unspecified atom stereocenters. The molecule has 1 rings (SSSR count). The fraction of sp³-hybridized carbons (Fsp3) is 0.545. The number of aromatic nitrogens is 2. The number of carbonyl (C=O) groups is 1. The molecule has 20 heavy (non-hydrogen) atoms. The number of aryl methyl sites for hydroxylation is 1. The van der Waals surface area contributed by atoms with Crippen LogP contribution in [0.4, 0.5) is 17.5 Å². The van der Waals surface area contributed by atoms with Crippen LogP contribution in [0.25, 0.3) is 0 Å². The van der Waals surface area contributed by atoms with E-state index in [0.717, 1.165) is 0 Å². The highest BCUT2D eigenvalue weighted by atomic mass is 16.6. The Balaban J connectivity index is 3.25. The van der Waals surface area contributed by atoms with Crippen LogP contribution in [-0.2, 0) is 4.79 Å². The molecule has 110 valence electrons. The first-order chi connectivity index (χ1) is 9.40. The number of nitrogens with zero attached hydrogens (tertiary/aromatic N) is 4. The Hall–Kier alpha value is -2.45. The molecular weight excluding hydrogens is 264 g/mol. The van der Waals surface area contributed by atoms with E-state index in [9.17, 15) is 14.9 Å². The van der Waals surface area contributed by atoms with Crippen molar-refractivity contribution < 1.29 is 9.72 Å². The van der Waals surface area contributed by atoms with Gasteiger partial charge in [-0.2, -0.15) is 4.98 Å². The second-order valence-electron chi connectivity index (χ2n) is 4.12. The van der Waals surface area contributed by atoms with Crippen LogP contribution in [0.5, 0.6) is 0 Å². The third-order valence-electron chi connectivity index (χ3n) is 2.58. The number of rotatable bonds is 6. The SMILES string of the molecule is CCNc1nc(C)c([N+](=O)[O-])c(N(C)CC(=O)NC)n1. The maximum Gasteiger partial charge on any atom is 0.332 e. The van der Waals surface area contributed by atoms with E-state index in [-0.39, 0.29) is 29.7 Å². The molecule has 1 heterocycles. The average Bonchev–Trinajstić information content (AvgIpc) is 2.37. The Morgan fingerprint density at radius 2 is 2.10 bits per heavy atom. The van der Waals surface area contributed by atoms with Crippen LogP contribution in [0.15, 0.2) is 0 Å². The first-order valence-electron chi connectivity index (χ1n) is 6.09. The van der Waals surface area contributed by atoms with Crippen LogP contribution >= 0.6 is 0 Å². The van der Waals surface area contributed by atoms with Crippen molar-refractivity contribution in [3.8, 4) is 0 Å². The number of nitrogens with one attached hydrogen (secondary N) is 2. The van der Waals surface area contributed by atoms with Crippen LogP contribution in [0.2, 0.25) is 0 Å². The van der Waals surface area contributed by atoms with Crippen LogP contribution in [-0.4, -0.2) is 48.0 Å². The van der Waals surface area contributed by atoms with E-state index >= 15 is 0 Å². The quantitative estimate of drug-likeness (QED) is 0.570. The Morgan fingerprint density at radius 1 is 1.45 bits per heavy atom. The lowest BCUT2D eigenvalue weighted by atomic mass is 10.3. The van der Waals surface area contributed by atoms with E-state index in [4.69, 9.17) is 0 Å². The second kappa shape index (κ2) is 6.64. The molecule has 0 fully saturated rings. The molecule has 0 atom stereocenters. The van der Waals surface area contributed by atoms with Gasteiger partial charge in [-0.25, -0.2) is 4.98 Å². The van der Waals surface area contributed by atoms with Gasteiger partial charge in [0.25, 0.3) is 0 Å². The Morgan fingerprint density at radius 3 is 2.60 bits per heavy atom. The predicted molar refractivity (Wildman–Crippen MR) is 74.9 cm³/mol. The summed E-state index contributed by atoms with van der Waals surface area (Å²) >= 11 is 0. The maximum absolute atomic E-state index is 11.4. The molecule has 1 aromatic rings. The molecule has 9 nitrogen and oxygen atoms in total. The van der Waals surface area contributed by atoms with Crippen molar-refractivity contribution in [3.05, 3.63) is 15.8 Å². The Labute approximate surface area is 116 Å². The van der Waals surface area contributed by atoms with Crippen molar-refractivity contribution in [2.24, 2.45) is 0 Å². The topological polar surface area (TPSA) is 113 Å². The van der Waals surface area contributed by atoms with Gasteiger partial charge in [0.15, 0.2) is 0 Å². The highest BCUT2D eigenvalue weighted by Crippen LogP contribution is 2.28. The highest BCUT2D eigenvalue weighted by Gasteiger charge is 2.25. The summed E-state index contributed by atoms with van der Waals surface area (Å²) in [5.41, 5.74) is 0.0535. The molecule has 0 aromatic carbocycles. The van der Waals surface area contributed by atoms with Crippen molar-refractivity contribution >= 4 is 23.4 Å². The van der Waals surface area contributed by atoms with Gasteiger partial charge in [0, 0.05) is 20.6 Å². The lowest BCUT2D eigenvalue weighted by molar-refractivity contribution is -0.385. The molecular formula is C11H18N6O3. The first-order valence-corrected chi connectivity index (χ1v) is 6.09. The Bertz CT molecular complexity index is 519. The molecule has 0 aliphatic carbocycles. The molecule has 9 heteroatoms. The van der Waals surface area contributed by atoms with Crippen molar-refractivity contribution in [1.82, 2.24) is 15.3 Å². The fourth-order valence-corrected chi connectivity index (χ4v) is 1.64. The van der Waals surface area contributed by atoms with Crippen LogP contribution in [0.1, 0.15) is 12.6 Å². The van der Waals surface area contributed by atoms with Crippen molar-refractivity contribution in [2.75, 3.05) is 37.4 Å². The lowest BCUT2D eigenvalue weighted by Gasteiger charge is -2.18. The second-order valence-corrected chi connectivity index (χ2v) is 4.12. The van der Waals surface area contributed by atoms with Gasteiger partial charge in [-0.3, -0.25) is 14.9 Å². The first kappa shape index (κ1) is 15.6. The number of amides is 1. The summed E-state index contributed by atoms with van der Waals surface area (Å²) in [6, 6.07) is 0. The van der Waals surface area contributed by atoms with Gasteiger partial charge in [0.05, 0.1) is 11.5 Å². The van der Waals surface area contributed by atoms with E-state index in [1.807, 2.05) is 6.92 Å². The van der Waals surface area contributed by atoms with E-state index in [0.29, 0.717) is 12.5 Å². The molecule has 0 radical (unpaired) electrons. The molecule has 0 spiro atoms. The Kier molecular flexibility index (Phi) is 5.18. The third-order valence-corrected chi connectivity index (χ3v) is 2.58. The molecule has 0 saturated heterocycles. The molecule has 0 aliphatic rings. The summed E-state index contributed by atoms with van der Waals surface area (Å²) in [5.74, 6) is 0.152. The molecule has 0 saturated carbocycles. The van der Waals surface area contributed by atoms with Gasteiger partial charge in [-0.15, -0.1) is 0 Å². The number of carbonyl (C=O) groups excluding carboxylic acids is 1. The summed E-state index contributed by atoms with van der Waals surface area (Å²) in [6.07, 6.45) is 0. The normalized spacial score (nSPS) is 10.0. The number of likely N-dealkylation sites (N-methyl/N-ethyl adjacent to an activating group) is 2. The molecule has 0 aliphatic heterocycles. The monoisotopic (exact) mass is 282 g/mol. The number of hydrogen-bond donors (Lipinski definition) is 2. The van der Waals surface area contributed by atoms with Gasteiger partial charge in [0.2, 0.25) is 17.7 Å². The summed E-state index contributed by atoms with van der Waals surface area (Å²) in [4.78, 5) is 31.6. The molecule has 1 aromatic heterocycles. The number of nitro groups is 1. The van der Waals surface area contributed by atoms with Crippen LogP contribution in [0, 0.1) is 17.0 Å². The van der Waals surface area contributed by atoms with Gasteiger partial charge < -0.3 is 15.5 Å². The zero-order valence-electron chi connectivity index (χ0n) is 11.9. The molecule has 0 bridgehead atoms. The smallest absolute Gasteiger partial charge is 0.332 e. The standard InChI is InChI=1S/C11H18N6O3/c1-5-13-11-14-7(2)9(17(19)20)10(15-11)16(4)6-8(18)12-3/h5-6H2,1-4H3,(H,12,18)(H,13,14,15). The summed E-state index contributed by atoms with van der Waals surface area (Å²) in [5, 5.41) is 16.5. The minimum Gasteiger partial charge on any atom is -0.358 e. The predicted octanol–water partition coefficient (Wildman–Crippen LogP) is 0.307. The summed E-state index contributed by atoms with van der Waals surface area (Å²) in [6.45, 7) is 3.97. The largest absolute Gasteiger partial charge is 0.358 e. The highest BCUT2D eigenvalue weighted by molar-refractivity contribution is 5.81. The van der Waals surface area contributed by atoms with Gasteiger partial charge >= 0.3 is 5.69 Å². The minimum atomic E-state index is -0.541. The average molecular weight is 282 g/mol. The summed E-state index contributed by atoms with van der Waals surface area (Å²) in [7, 11) is 3.07.